The largest absolute Gasteiger partial charge is 0.496 e. The zero-order valence-electron chi connectivity index (χ0n) is 10.5. The standard InChI is InChI=1S/C8H10O.C6H14/c1-7-5-3-4-6-8(7)9-2;1-3-5-6-4-2/h3-6H,1-2H3;3-6H2,1-2H3. The monoisotopic (exact) mass is 208 g/mol. The molecule has 0 aliphatic heterocycles. The molecule has 0 radical (unpaired) electrons. The van der Waals surface area contributed by atoms with Crippen LogP contribution in [0.1, 0.15) is 45.1 Å². The van der Waals surface area contributed by atoms with Crippen molar-refractivity contribution in [2.45, 2.75) is 46.5 Å². The van der Waals surface area contributed by atoms with Crippen LogP contribution in [0, 0.1) is 6.92 Å². The Morgan fingerprint density at radius 2 is 1.53 bits per heavy atom. The third kappa shape index (κ3) is 7.01. The van der Waals surface area contributed by atoms with E-state index in [0.29, 0.717) is 0 Å². The summed E-state index contributed by atoms with van der Waals surface area (Å²) < 4.78 is 5.04. The van der Waals surface area contributed by atoms with Crippen LogP contribution in [0.25, 0.3) is 0 Å². The molecule has 0 saturated heterocycles. The summed E-state index contributed by atoms with van der Waals surface area (Å²) in [5.74, 6) is 0.956. The van der Waals surface area contributed by atoms with Gasteiger partial charge in [0.15, 0.2) is 0 Å². The van der Waals surface area contributed by atoms with Crippen LogP contribution in [-0.4, -0.2) is 7.11 Å². The van der Waals surface area contributed by atoms with Gasteiger partial charge in [0.2, 0.25) is 0 Å². The average Bonchev–Trinajstić information content (AvgIpc) is 2.28. The minimum Gasteiger partial charge on any atom is -0.496 e. The van der Waals surface area contributed by atoms with E-state index in [4.69, 9.17) is 4.74 Å². The van der Waals surface area contributed by atoms with Crippen LogP contribution in [0.5, 0.6) is 5.75 Å². The van der Waals surface area contributed by atoms with Crippen LogP contribution in [0.3, 0.4) is 0 Å². The Balaban J connectivity index is 0.000000288. The predicted octanol–water partition coefficient (Wildman–Crippen LogP) is 4.59. The van der Waals surface area contributed by atoms with Gasteiger partial charge in [0, 0.05) is 0 Å². The van der Waals surface area contributed by atoms with Crippen LogP contribution < -0.4 is 4.74 Å². The summed E-state index contributed by atoms with van der Waals surface area (Å²) in [7, 11) is 1.68. The predicted molar refractivity (Wildman–Crippen MR) is 67.5 cm³/mol. The summed E-state index contributed by atoms with van der Waals surface area (Å²) in [6, 6.07) is 7.94. The molecule has 0 N–H and O–H groups in total. The van der Waals surface area contributed by atoms with Gasteiger partial charge in [-0.1, -0.05) is 57.7 Å². The molecule has 0 aliphatic carbocycles. The second kappa shape index (κ2) is 9.57. The third-order valence-corrected chi connectivity index (χ3v) is 2.27. The van der Waals surface area contributed by atoms with Gasteiger partial charge in [-0.15, -0.1) is 0 Å². The maximum atomic E-state index is 5.04. The highest BCUT2D eigenvalue weighted by molar-refractivity contribution is 5.31. The molecule has 0 bridgehead atoms. The summed E-state index contributed by atoms with van der Waals surface area (Å²) >= 11 is 0. The molecule has 0 spiro atoms. The van der Waals surface area contributed by atoms with Gasteiger partial charge in [0.05, 0.1) is 7.11 Å². The second-order valence-corrected chi connectivity index (χ2v) is 3.68. The fourth-order valence-corrected chi connectivity index (χ4v) is 1.29. The number of hydrogen-bond donors (Lipinski definition) is 0. The lowest BCUT2D eigenvalue weighted by Gasteiger charge is -2.00. The molecule has 1 rings (SSSR count). The molecule has 1 aromatic rings. The Labute approximate surface area is 94.5 Å². The number of ether oxygens (including phenoxy) is 1. The molecule has 0 unspecified atom stereocenters. The molecule has 0 atom stereocenters. The van der Waals surface area contributed by atoms with E-state index >= 15 is 0 Å². The van der Waals surface area contributed by atoms with Crippen molar-refractivity contribution < 1.29 is 4.74 Å². The van der Waals surface area contributed by atoms with E-state index in [1.807, 2.05) is 31.2 Å². The Kier molecular flexibility index (Phi) is 8.95. The Morgan fingerprint density at radius 1 is 1.00 bits per heavy atom. The van der Waals surface area contributed by atoms with Crippen LogP contribution >= 0.6 is 0 Å². The molecule has 86 valence electrons. The van der Waals surface area contributed by atoms with E-state index in [0.717, 1.165) is 5.75 Å². The van der Waals surface area contributed by atoms with Crippen LogP contribution in [0.15, 0.2) is 24.3 Å². The van der Waals surface area contributed by atoms with E-state index in [9.17, 15) is 0 Å². The van der Waals surface area contributed by atoms with Crippen molar-refractivity contribution in [3.63, 3.8) is 0 Å². The summed E-state index contributed by atoms with van der Waals surface area (Å²) in [5.41, 5.74) is 1.18. The van der Waals surface area contributed by atoms with E-state index in [-0.39, 0.29) is 0 Å². The first-order valence-electron chi connectivity index (χ1n) is 5.85. The molecule has 0 aliphatic rings. The maximum Gasteiger partial charge on any atom is 0.121 e. The smallest absolute Gasteiger partial charge is 0.121 e. The zero-order valence-corrected chi connectivity index (χ0v) is 10.5. The molecular weight excluding hydrogens is 184 g/mol. The third-order valence-electron chi connectivity index (χ3n) is 2.27. The van der Waals surface area contributed by atoms with Crippen LogP contribution in [0.2, 0.25) is 0 Å². The normalized spacial score (nSPS) is 9.07. The molecule has 0 fully saturated rings. The Bertz CT molecular complexity index is 239. The number of methoxy groups -OCH3 is 1. The van der Waals surface area contributed by atoms with Gasteiger partial charge in [-0.3, -0.25) is 0 Å². The molecule has 0 aromatic heterocycles. The number of hydrogen-bond acceptors (Lipinski definition) is 1. The minimum absolute atomic E-state index is 0.956. The van der Waals surface area contributed by atoms with Crippen LogP contribution in [-0.2, 0) is 0 Å². The van der Waals surface area contributed by atoms with Crippen molar-refractivity contribution in [2.24, 2.45) is 0 Å². The number of para-hydroxylation sites is 1. The van der Waals surface area contributed by atoms with Crippen molar-refractivity contribution in [3.05, 3.63) is 29.8 Å². The Morgan fingerprint density at radius 3 is 1.87 bits per heavy atom. The highest BCUT2D eigenvalue weighted by atomic mass is 16.5. The summed E-state index contributed by atoms with van der Waals surface area (Å²) in [4.78, 5) is 0. The fraction of sp³-hybridized carbons (Fsp3) is 0.571. The van der Waals surface area contributed by atoms with Crippen molar-refractivity contribution in [1.29, 1.82) is 0 Å². The van der Waals surface area contributed by atoms with Crippen molar-refractivity contribution in [2.75, 3.05) is 7.11 Å². The average molecular weight is 208 g/mol. The summed E-state index contributed by atoms with van der Waals surface area (Å²) in [6.45, 7) is 6.49. The van der Waals surface area contributed by atoms with Crippen molar-refractivity contribution >= 4 is 0 Å². The Hall–Kier alpha value is -0.980. The summed E-state index contributed by atoms with van der Waals surface area (Å²) in [5, 5.41) is 0. The topological polar surface area (TPSA) is 9.23 Å². The number of unbranched alkanes of at least 4 members (excludes halogenated alkanes) is 3. The SMILES string of the molecule is CCCCCC.COc1ccccc1C. The second-order valence-electron chi connectivity index (χ2n) is 3.68. The number of aryl methyl sites for hydroxylation is 1. The van der Waals surface area contributed by atoms with Crippen molar-refractivity contribution in [3.8, 4) is 5.75 Å². The lowest BCUT2D eigenvalue weighted by atomic mass is 10.2. The van der Waals surface area contributed by atoms with Gasteiger partial charge in [0.25, 0.3) is 0 Å². The first kappa shape index (κ1) is 14.0. The van der Waals surface area contributed by atoms with E-state index in [1.165, 1.54) is 31.2 Å². The molecule has 1 heteroatoms. The zero-order chi connectivity index (χ0) is 11.5. The lowest BCUT2D eigenvalue weighted by molar-refractivity contribution is 0.411. The van der Waals surface area contributed by atoms with E-state index in [2.05, 4.69) is 13.8 Å². The molecule has 0 saturated carbocycles. The molecule has 15 heavy (non-hydrogen) atoms. The van der Waals surface area contributed by atoms with Gasteiger partial charge in [-0.25, -0.2) is 0 Å². The van der Waals surface area contributed by atoms with E-state index < -0.39 is 0 Å². The van der Waals surface area contributed by atoms with Gasteiger partial charge in [-0.05, 0) is 18.6 Å². The van der Waals surface area contributed by atoms with Gasteiger partial charge < -0.3 is 4.74 Å². The van der Waals surface area contributed by atoms with Crippen LogP contribution in [0.4, 0.5) is 0 Å². The first-order valence-corrected chi connectivity index (χ1v) is 5.85. The van der Waals surface area contributed by atoms with E-state index in [1.54, 1.807) is 7.11 Å². The van der Waals surface area contributed by atoms with Gasteiger partial charge in [0.1, 0.15) is 5.75 Å². The van der Waals surface area contributed by atoms with Gasteiger partial charge >= 0.3 is 0 Å². The minimum atomic E-state index is 0.956. The van der Waals surface area contributed by atoms with Gasteiger partial charge in [-0.2, -0.15) is 0 Å². The maximum absolute atomic E-state index is 5.04. The molecule has 0 heterocycles. The first-order chi connectivity index (χ1) is 7.26. The molecule has 1 nitrogen and oxygen atoms in total. The molecule has 1 aromatic carbocycles. The molecular formula is C14H24O. The fourth-order valence-electron chi connectivity index (χ4n) is 1.29. The quantitative estimate of drug-likeness (QED) is 0.657. The lowest BCUT2D eigenvalue weighted by Crippen LogP contribution is -1.84. The van der Waals surface area contributed by atoms with Crippen molar-refractivity contribution in [1.82, 2.24) is 0 Å². The summed E-state index contributed by atoms with van der Waals surface area (Å²) in [6.07, 6.45) is 5.54. The highest BCUT2D eigenvalue weighted by Crippen LogP contribution is 2.14. The molecule has 0 amide bonds. The number of benzene rings is 1. The highest BCUT2D eigenvalue weighted by Gasteiger charge is 1.90. The number of rotatable bonds is 4.